The lowest BCUT2D eigenvalue weighted by Crippen LogP contribution is -2.32. The number of hydrogen-bond donors (Lipinski definition) is 2. The normalized spacial score (nSPS) is 14.8. The molecule has 0 radical (unpaired) electrons. The Morgan fingerprint density at radius 2 is 1.88 bits per heavy atom. The summed E-state index contributed by atoms with van der Waals surface area (Å²) in [6, 6.07) is 6.97. The second kappa shape index (κ2) is 6.61. The van der Waals surface area contributed by atoms with Crippen LogP contribution in [0.5, 0.6) is 0 Å². The van der Waals surface area contributed by atoms with Crippen LogP contribution in [-0.2, 0) is 6.42 Å². The first kappa shape index (κ1) is 13.1. The lowest BCUT2D eigenvalue weighted by atomic mass is 10.1. The summed E-state index contributed by atoms with van der Waals surface area (Å²) in [5.41, 5.74) is 1.15. The molecule has 16 heavy (non-hydrogen) atoms. The molecule has 1 aromatic rings. The summed E-state index contributed by atoms with van der Waals surface area (Å²) in [6.45, 7) is 4.47. The van der Waals surface area contributed by atoms with Crippen LogP contribution in [0.3, 0.4) is 0 Å². The summed E-state index contributed by atoms with van der Waals surface area (Å²) in [4.78, 5) is 0. The third kappa shape index (κ3) is 5.24. The highest BCUT2D eigenvalue weighted by Gasteiger charge is 2.03. The van der Waals surface area contributed by atoms with E-state index in [1.54, 1.807) is 6.92 Å². The van der Waals surface area contributed by atoms with E-state index in [2.05, 4.69) is 12.2 Å². The Morgan fingerprint density at radius 1 is 1.25 bits per heavy atom. The fourth-order valence-corrected chi connectivity index (χ4v) is 1.51. The van der Waals surface area contributed by atoms with Crippen LogP contribution in [0.1, 0.15) is 25.8 Å². The summed E-state index contributed by atoms with van der Waals surface area (Å²) >= 11 is 0. The molecule has 3 heteroatoms. The second-order valence-corrected chi connectivity index (χ2v) is 4.32. The van der Waals surface area contributed by atoms with Crippen molar-refractivity contribution in [2.24, 2.45) is 0 Å². The van der Waals surface area contributed by atoms with E-state index in [-0.39, 0.29) is 11.9 Å². The van der Waals surface area contributed by atoms with E-state index < -0.39 is 0 Å². The Morgan fingerprint density at radius 3 is 2.44 bits per heavy atom. The maximum atomic E-state index is 12.7. The van der Waals surface area contributed by atoms with Crippen molar-refractivity contribution >= 4 is 0 Å². The van der Waals surface area contributed by atoms with E-state index in [4.69, 9.17) is 5.11 Å². The van der Waals surface area contributed by atoms with E-state index in [9.17, 15) is 4.39 Å². The molecule has 0 saturated heterocycles. The maximum absolute atomic E-state index is 12.7. The number of aliphatic hydroxyl groups excluding tert-OH is 1. The van der Waals surface area contributed by atoms with E-state index in [0.29, 0.717) is 12.6 Å². The standard InChI is InChI=1S/C13H20FNO/c1-10(15-9-11(2)16)3-4-12-5-7-13(14)8-6-12/h5-8,10-11,15-16H,3-4,9H2,1-2H3. The third-order valence-electron chi connectivity index (χ3n) is 2.54. The van der Waals surface area contributed by atoms with Crippen LogP contribution in [-0.4, -0.2) is 23.8 Å². The summed E-state index contributed by atoms with van der Waals surface area (Å²) in [5, 5.41) is 12.4. The second-order valence-electron chi connectivity index (χ2n) is 4.32. The number of hydrogen-bond acceptors (Lipinski definition) is 2. The van der Waals surface area contributed by atoms with Gasteiger partial charge in [-0.05, 0) is 44.4 Å². The van der Waals surface area contributed by atoms with Gasteiger partial charge >= 0.3 is 0 Å². The molecule has 90 valence electrons. The average Bonchev–Trinajstić information content (AvgIpc) is 2.25. The minimum absolute atomic E-state index is 0.191. The number of aryl methyl sites for hydroxylation is 1. The van der Waals surface area contributed by atoms with Gasteiger partial charge < -0.3 is 10.4 Å². The van der Waals surface area contributed by atoms with Crippen LogP contribution < -0.4 is 5.32 Å². The molecule has 2 unspecified atom stereocenters. The summed E-state index contributed by atoms with van der Waals surface area (Å²) in [6.07, 6.45) is 1.60. The minimum atomic E-state index is -0.312. The van der Waals surface area contributed by atoms with Gasteiger partial charge in [-0.15, -0.1) is 0 Å². The van der Waals surface area contributed by atoms with Crippen molar-refractivity contribution in [2.75, 3.05) is 6.54 Å². The van der Waals surface area contributed by atoms with Crippen LogP contribution in [0, 0.1) is 5.82 Å². The largest absolute Gasteiger partial charge is 0.392 e. The van der Waals surface area contributed by atoms with Gasteiger partial charge in [-0.1, -0.05) is 12.1 Å². The topological polar surface area (TPSA) is 32.3 Å². The predicted molar refractivity (Wildman–Crippen MR) is 63.9 cm³/mol. The number of rotatable bonds is 6. The molecule has 1 rings (SSSR count). The van der Waals surface area contributed by atoms with Crippen LogP contribution in [0.15, 0.2) is 24.3 Å². The van der Waals surface area contributed by atoms with E-state index in [0.717, 1.165) is 18.4 Å². The van der Waals surface area contributed by atoms with Gasteiger partial charge in [0.05, 0.1) is 6.10 Å². The molecule has 0 aliphatic heterocycles. The van der Waals surface area contributed by atoms with Crippen molar-refractivity contribution in [3.63, 3.8) is 0 Å². The van der Waals surface area contributed by atoms with Gasteiger partial charge in [0.2, 0.25) is 0 Å². The van der Waals surface area contributed by atoms with Crippen molar-refractivity contribution in [3.05, 3.63) is 35.6 Å². The van der Waals surface area contributed by atoms with Gasteiger partial charge in [0.25, 0.3) is 0 Å². The summed E-state index contributed by atoms with van der Waals surface area (Å²) in [5.74, 6) is -0.191. The van der Waals surface area contributed by atoms with E-state index in [1.165, 1.54) is 12.1 Å². The van der Waals surface area contributed by atoms with Crippen molar-refractivity contribution < 1.29 is 9.50 Å². The molecule has 0 bridgehead atoms. The van der Waals surface area contributed by atoms with Crippen LogP contribution >= 0.6 is 0 Å². The van der Waals surface area contributed by atoms with Gasteiger partial charge in [0, 0.05) is 12.6 Å². The minimum Gasteiger partial charge on any atom is -0.392 e. The van der Waals surface area contributed by atoms with Crippen molar-refractivity contribution in [1.82, 2.24) is 5.32 Å². The first-order valence-electron chi connectivity index (χ1n) is 5.74. The molecule has 1 aromatic carbocycles. The van der Waals surface area contributed by atoms with Crippen LogP contribution in [0.25, 0.3) is 0 Å². The van der Waals surface area contributed by atoms with E-state index in [1.807, 2.05) is 12.1 Å². The highest BCUT2D eigenvalue weighted by atomic mass is 19.1. The predicted octanol–water partition coefficient (Wildman–Crippen LogP) is 2.12. The smallest absolute Gasteiger partial charge is 0.123 e. The van der Waals surface area contributed by atoms with Gasteiger partial charge in [0.1, 0.15) is 5.82 Å². The maximum Gasteiger partial charge on any atom is 0.123 e. The lowest BCUT2D eigenvalue weighted by molar-refractivity contribution is 0.186. The highest BCUT2D eigenvalue weighted by Crippen LogP contribution is 2.07. The van der Waals surface area contributed by atoms with E-state index >= 15 is 0 Å². The zero-order chi connectivity index (χ0) is 12.0. The Kier molecular flexibility index (Phi) is 5.43. The Hall–Kier alpha value is -0.930. The average molecular weight is 225 g/mol. The fourth-order valence-electron chi connectivity index (χ4n) is 1.51. The third-order valence-corrected chi connectivity index (χ3v) is 2.54. The van der Waals surface area contributed by atoms with Crippen molar-refractivity contribution in [3.8, 4) is 0 Å². The SMILES string of the molecule is CC(O)CNC(C)CCc1ccc(F)cc1. The molecule has 2 N–H and O–H groups in total. The number of aliphatic hydroxyl groups is 1. The van der Waals surface area contributed by atoms with Crippen molar-refractivity contribution in [2.45, 2.75) is 38.8 Å². The molecule has 2 atom stereocenters. The molecule has 0 amide bonds. The van der Waals surface area contributed by atoms with Crippen molar-refractivity contribution in [1.29, 1.82) is 0 Å². The Balaban J connectivity index is 2.26. The molecular weight excluding hydrogens is 205 g/mol. The van der Waals surface area contributed by atoms with Gasteiger partial charge in [-0.2, -0.15) is 0 Å². The monoisotopic (exact) mass is 225 g/mol. The zero-order valence-corrected chi connectivity index (χ0v) is 9.91. The van der Waals surface area contributed by atoms with Crippen LogP contribution in [0.2, 0.25) is 0 Å². The highest BCUT2D eigenvalue weighted by molar-refractivity contribution is 5.16. The number of benzene rings is 1. The number of halogens is 1. The Labute approximate surface area is 96.5 Å². The van der Waals surface area contributed by atoms with Gasteiger partial charge in [-0.3, -0.25) is 0 Å². The molecule has 0 spiro atoms. The first-order valence-corrected chi connectivity index (χ1v) is 5.74. The first-order chi connectivity index (χ1) is 7.58. The molecule has 0 heterocycles. The fraction of sp³-hybridized carbons (Fsp3) is 0.538. The number of nitrogens with one attached hydrogen (secondary N) is 1. The zero-order valence-electron chi connectivity index (χ0n) is 9.91. The summed E-state index contributed by atoms with van der Waals surface area (Å²) in [7, 11) is 0. The molecule has 0 fully saturated rings. The molecule has 2 nitrogen and oxygen atoms in total. The molecule has 0 saturated carbocycles. The quantitative estimate of drug-likeness (QED) is 0.777. The Bertz CT molecular complexity index is 297. The van der Waals surface area contributed by atoms with Gasteiger partial charge in [-0.25, -0.2) is 4.39 Å². The van der Waals surface area contributed by atoms with Crippen LogP contribution in [0.4, 0.5) is 4.39 Å². The molecule has 0 aliphatic rings. The summed E-state index contributed by atoms with van der Waals surface area (Å²) < 4.78 is 12.7. The molecular formula is C13H20FNO. The lowest BCUT2D eigenvalue weighted by Gasteiger charge is -2.14. The molecule has 0 aromatic heterocycles. The molecule has 0 aliphatic carbocycles. The van der Waals surface area contributed by atoms with Gasteiger partial charge in [0.15, 0.2) is 0 Å².